The minimum absolute atomic E-state index is 0.344. The van der Waals surface area contributed by atoms with Crippen LogP contribution in [0.1, 0.15) is 35.1 Å². The number of para-hydroxylation sites is 1. The molecule has 1 fully saturated rings. The van der Waals surface area contributed by atoms with E-state index >= 15 is 0 Å². The number of nitrogens with one attached hydrogen (secondary N) is 1. The minimum atomic E-state index is 0.344. The van der Waals surface area contributed by atoms with Crippen molar-refractivity contribution in [3.8, 4) is 11.6 Å². The molecule has 4 rings (SSSR count). The summed E-state index contributed by atoms with van der Waals surface area (Å²) in [6, 6.07) is 20.4. The maximum atomic E-state index is 6.12. The van der Waals surface area contributed by atoms with E-state index in [-0.39, 0.29) is 0 Å². The van der Waals surface area contributed by atoms with E-state index in [2.05, 4.69) is 39.0 Å². The van der Waals surface area contributed by atoms with Crippen molar-refractivity contribution >= 4 is 24.1 Å². The molecule has 158 valence electrons. The van der Waals surface area contributed by atoms with Crippen LogP contribution in [0, 0.1) is 6.92 Å². The Morgan fingerprint density at radius 1 is 1.13 bits per heavy atom. The second kappa shape index (κ2) is 9.66. The van der Waals surface area contributed by atoms with E-state index in [1.165, 1.54) is 23.7 Å². The van der Waals surface area contributed by atoms with Gasteiger partial charge in [-0.05, 0) is 48.4 Å². The molecule has 3 aromatic rings. The third kappa shape index (κ3) is 5.24. The highest BCUT2D eigenvalue weighted by Crippen LogP contribution is 2.54. The molecule has 0 radical (unpaired) electrons. The summed E-state index contributed by atoms with van der Waals surface area (Å²) in [5.41, 5.74) is 9.02. The average molecular weight is 432 g/mol. The van der Waals surface area contributed by atoms with Gasteiger partial charge in [-0.25, -0.2) is 4.98 Å². The van der Waals surface area contributed by atoms with Gasteiger partial charge in [-0.3, -0.25) is 9.71 Å². The first-order valence-corrected chi connectivity index (χ1v) is 10.9. The van der Waals surface area contributed by atoms with Crippen molar-refractivity contribution in [3.63, 3.8) is 0 Å². The first-order valence-electron chi connectivity index (χ1n) is 10.1. The Morgan fingerprint density at radius 2 is 1.90 bits per heavy atom. The lowest BCUT2D eigenvalue weighted by Crippen LogP contribution is -2.02. The quantitative estimate of drug-likeness (QED) is 0.366. The minimum Gasteiger partial charge on any atom is -0.439 e. The second-order valence-corrected chi connectivity index (χ2v) is 8.22. The zero-order valence-electron chi connectivity index (χ0n) is 17.5. The maximum absolute atomic E-state index is 6.12. The van der Waals surface area contributed by atoms with Crippen molar-refractivity contribution in [1.29, 1.82) is 0 Å². The Bertz CT molecular complexity index is 1100. The number of anilines is 1. The molecule has 2 unspecified atom stereocenters. The van der Waals surface area contributed by atoms with Crippen molar-refractivity contribution in [3.05, 3.63) is 88.6 Å². The molecule has 6 nitrogen and oxygen atoms in total. The van der Waals surface area contributed by atoms with Crippen molar-refractivity contribution in [1.82, 2.24) is 9.97 Å². The SMILES string of the molecule is CN=CC(=CN)SNc1nc(Oc2ccccc2C)cc(C2CC2c2ccccc2)n1. The molecule has 3 N–H and O–H groups in total. The topological polar surface area (TPSA) is 85.4 Å². The molecule has 2 atom stereocenters. The Balaban J connectivity index is 1.60. The Morgan fingerprint density at radius 3 is 2.65 bits per heavy atom. The van der Waals surface area contributed by atoms with E-state index in [0.29, 0.717) is 23.7 Å². The number of hydrogen-bond acceptors (Lipinski definition) is 7. The number of aliphatic imine (C=N–C) groups is 1. The summed E-state index contributed by atoms with van der Waals surface area (Å²) in [6.07, 6.45) is 4.23. The molecular formula is C24H25N5OS. The summed E-state index contributed by atoms with van der Waals surface area (Å²) >= 11 is 1.31. The van der Waals surface area contributed by atoms with Crippen LogP contribution in [0.3, 0.4) is 0 Å². The zero-order chi connectivity index (χ0) is 21.6. The number of ether oxygens (including phenoxy) is 1. The van der Waals surface area contributed by atoms with E-state index < -0.39 is 0 Å². The van der Waals surface area contributed by atoms with Gasteiger partial charge >= 0.3 is 0 Å². The smallest absolute Gasteiger partial charge is 0.236 e. The van der Waals surface area contributed by atoms with Crippen LogP contribution >= 0.6 is 11.9 Å². The molecule has 0 saturated heterocycles. The van der Waals surface area contributed by atoms with Gasteiger partial charge < -0.3 is 10.5 Å². The molecule has 0 amide bonds. The molecule has 0 aliphatic heterocycles. The fraction of sp³-hybridized carbons (Fsp3) is 0.208. The predicted octanol–water partition coefficient (Wildman–Crippen LogP) is 5.41. The largest absolute Gasteiger partial charge is 0.439 e. The van der Waals surface area contributed by atoms with Crippen molar-refractivity contribution in [2.24, 2.45) is 10.7 Å². The van der Waals surface area contributed by atoms with Gasteiger partial charge in [0.05, 0.1) is 10.6 Å². The standard InChI is InChI=1S/C24H25N5OS/c1-16-8-6-7-11-22(16)30-23-13-21(20-12-19(20)17-9-4-3-5-10-17)27-24(28-23)29-31-18(14-25)15-26-2/h3-11,13-15,19-20H,12,25H2,1-2H3,(H,27,28,29). The summed E-state index contributed by atoms with van der Waals surface area (Å²) in [6.45, 7) is 2.02. The van der Waals surface area contributed by atoms with Crippen LogP contribution in [0.25, 0.3) is 0 Å². The third-order valence-corrected chi connectivity index (χ3v) is 5.87. The number of nitrogens with zero attached hydrogens (tertiary/aromatic N) is 3. The van der Waals surface area contributed by atoms with Crippen LogP contribution in [0.2, 0.25) is 0 Å². The summed E-state index contributed by atoms with van der Waals surface area (Å²) < 4.78 is 9.30. The van der Waals surface area contributed by atoms with Gasteiger partial charge in [0.2, 0.25) is 11.8 Å². The highest BCUT2D eigenvalue weighted by atomic mass is 32.2. The van der Waals surface area contributed by atoms with E-state index in [0.717, 1.165) is 28.3 Å². The number of aromatic nitrogens is 2. The van der Waals surface area contributed by atoms with Gasteiger partial charge in [0.25, 0.3) is 0 Å². The van der Waals surface area contributed by atoms with Crippen molar-refractivity contribution < 1.29 is 4.74 Å². The molecule has 0 spiro atoms. The highest BCUT2D eigenvalue weighted by molar-refractivity contribution is 8.05. The Labute approximate surface area is 186 Å². The molecule has 31 heavy (non-hydrogen) atoms. The van der Waals surface area contributed by atoms with Crippen LogP contribution in [0.5, 0.6) is 11.6 Å². The molecule has 1 heterocycles. The van der Waals surface area contributed by atoms with Gasteiger partial charge in [-0.2, -0.15) is 4.98 Å². The van der Waals surface area contributed by atoms with Crippen LogP contribution in [-0.2, 0) is 0 Å². The fourth-order valence-corrected chi connectivity index (χ4v) is 3.97. The summed E-state index contributed by atoms with van der Waals surface area (Å²) in [7, 11) is 1.70. The van der Waals surface area contributed by atoms with E-state index in [1.54, 1.807) is 13.3 Å². The number of hydrogen-bond donors (Lipinski definition) is 2. The van der Waals surface area contributed by atoms with Crippen molar-refractivity contribution in [2.45, 2.75) is 25.2 Å². The zero-order valence-corrected chi connectivity index (χ0v) is 18.3. The first-order chi connectivity index (χ1) is 15.2. The molecular weight excluding hydrogens is 406 g/mol. The van der Waals surface area contributed by atoms with Crippen LogP contribution in [-0.4, -0.2) is 23.2 Å². The van der Waals surface area contributed by atoms with Gasteiger partial charge in [0.1, 0.15) is 5.75 Å². The molecule has 0 bridgehead atoms. The lowest BCUT2D eigenvalue weighted by molar-refractivity contribution is 0.458. The molecule has 1 aliphatic carbocycles. The Hall–Kier alpha value is -3.32. The average Bonchev–Trinajstić information content (AvgIpc) is 3.60. The molecule has 1 aliphatic rings. The van der Waals surface area contributed by atoms with Gasteiger partial charge in [-0.1, -0.05) is 48.5 Å². The number of rotatable bonds is 8. The summed E-state index contributed by atoms with van der Waals surface area (Å²) in [5.74, 6) is 2.59. The fourth-order valence-electron chi connectivity index (χ4n) is 3.44. The second-order valence-electron chi connectivity index (χ2n) is 7.34. The van der Waals surface area contributed by atoms with Gasteiger partial charge in [0, 0.05) is 31.4 Å². The first kappa shape index (κ1) is 20.9. The number of allylic oxidation sites excluding steroid dienone is 1. The predicted molar refractivity (Wildman–Crippen MR) is 128 cm³/mol. The highest BCUT2D eigenvalue weighted by Gasteiger charge is 2.41. The summed E-state index contributed by atoms with van der Waals surface area (Å²) in [4.78, 5) is 14.1. The van der Waals surface area contributed by atoms with Crippen LogP contribution in [0.4, 0.5) is 5.95 Å². The normalized spacial score (nSPS) is 18.2. The van der Waals surface area contributed by atoms with Crippen LogP contribution in [0.15, 0.2) is 76.8 Å². The van der Waals surface area contributed by atoms with E-state index in [4.69, 9.17) is 15.5 Å². The summed E-state index contributed by atoms with van der Waals surface area (Å²) in [5, 5.41) is 0. The van der Waals surface area contributed by atoms with Crippen LogP contribution < -0.4 is 15.2 Å². The maximum Gasteiger partial charge on any atom is 0.236 e. The number of benzene rings is 2. The number of nitrogens with two attached hydrogens (primary N) is 1. The molecule has 1 aromatic heterocycles. The molecule has 7 heteroatoms. The lowest BCUT2D eigenvalue weighted by Gasteiger charge is -2.12. The monoisotopic (exact) mass is 431 g/mol. The van der Waals surface area contributed by atoms with Gasteiger partial charge in [0.15, 0.2) is 0 Å². The lowest BCUT2D eigenvalue weighted by atomic mass is 10.1. The molecule has 1 saturated carbocycles. The van der Waals surface area contributed by atoms with E-state index in [1.807, 2.05) is 43.3 Å². The number of aryl methyl sites for hydroxylation is 1. The van der Waals surface area contributed by atoms with Crippen molar-refractivity contribution in [2.75, 3.05) is 11.8 Å². The van der Waals surface area contributed by atoms with Gasteiger partial charge in [-0.15, -0.1) is 0 Å². The molecule has 2 aromatic carbocycles. The van der Waals surface area contributed by atoms with E-state index in [9.17, 15) is 0 Å². The third-order valence-electron chi connectivity index (χ3n) is 5.11. The Kier molecular flexibility index (Phi) is 6.52.